The van der Waals surface area contributed by atoms with Crippen molar-refractivity contribution in [2.24, 2.45) is 0 Å². The van der Waals surface area contributed by atoms with Crippen LogP contribution in [0.15, 0.2) is 29.6 Å². The van der Waals surface area contributed by atoms with Crippen molar-refractivity contribution in [3.05, 3.63) is 46.7 Å². The summed E-state index contributed by atoms with van der Waals surface area (Å²) in [6.45, 7) is 4.14. The summed E-state index contributed by atoms with van der Waals surface area (Å²) in [5.74, 6) is 0.0223. The fraction of sp³-hybridized carbons (Fsp3) is 0.375. The van der Waals surface area contributed by atoms with Crippen LogP contribution in [0.1, 0.15) is 43.9 Å². The first-order valence-electron chi connectivity index (χ1n) is 7.04. The van der Waals surface area contributed by atoms with Crippen LogP contribution >= 0.6 is 11.3 Å². The van der Waals surface area contributed by atoms with Crippen LogP contribution in [-0.2, 0) is 10.2 Å². The molecule has 1 N–H and O–H groups in total. The minimum absolute atomic E-state index is 0.0428. The Kier molecular flexibility index (Phi) is 3.53. The van der Waals surface area contributed by atoms with E-state index in [0.29, 0.717) is 11.0 Å². The van der Waals surface area contributed by atoms with Crippen molar-refractivity contribution in [1.82, 2.24) is 4.98 Å². The molecule has 0 unspecified atom stereocenters. The van der Waals surface area contributed by atoms with Crippen LogP contribution < -0.4 is 5.32 Å². The van der Waals surface area contributed by atoms with Crippen molar-refractivity contribution >= 4 is 22.4 Å². The van der Waals surface area contributed by atoms with E-state index >= 15 is 0 Å². The largest absolute Gasteiger partial charge is 0.301 e. The summed E-state index contributed by atoms with van der Waals surface area (Å²) in [4.78, 5) is 16.9. The van der Waals surface area contributed by atoms with E-state index in [-0.39, 0.29) is 11.7 Å². The van der Waals surface area contributed by atoms with Gasteiger partial charge in [-0.25, -0.2) is 9.37 Å². The molecule has 1 aromatic heterocycles. The standard InChI is InChI=1S/C16H17FN2OS/c1-10(2)13-9-21-15(18-13)19-14(20)16(7-8-16)11-3-5-12(17)6-4-11/h3-6,9-10H,7-8H2,1-2H3,(H,18,19,20). The molecule has 21 heavy (non-hydrogen) atoms. The Morgan fingerprint density at radius 2 is 2.00 bits per heavy atom. The Bertz CT molecular complexity index is 659. The number of amides is 1. The summed E-state index contributed by atoms with van der Waals surface area (Å²) in [5.41, 5.74) is 1.36. The molecule has 1 aliphatic rings. The van der Waals surface area contributed by atoms with Gasteiger partial charge in [0.15, 0.2) is 5.13 Å². The van der Waals surface area contributed by atoms with Crippen molar-refractivity contribution in [3.8, 4) is 0 Å². The topological polar surface area (TPSA) is 42.0 Å². The first-order chi connectivity index (χ1) is 10.0. The maximum atomic E-state index is 13.0. The number of hydrogen-bond acceptors (Lipinski definition) is 3. The molecule has 0 aliphatic heterocycles. The third-order valence-electron chi connectivity index (χ3n) is 3.92. The smallest absolute Gasteiger partial charge is 0.236 e. The van der Waals surface area contributed by atoms with Gasteiger partial charge < -0.3 is 5.32 Å². The lowest BCUT2D eigenvalue weighted by molar-refractivity contribution is -0.118. The Balaban J connectivity index is 1.76. The summed E-state index contributed by atoms with van der Waals surface area (Å²) < 4.78 is 13.0. The first-order valence-corrected chi connectivity index (χ1v) is 7.92. The average Bonchev–Trinajstić information content (AvgIpc) is 3.13. The number of benzene rings is 1. The lowest BCUT2D eigenvalue weighted by Gasteiger charge is -2.14. The van der Waals surface area contributed by atoms with Gasteiger partial charge in [-0.2, -0.15) is 0 Å². The number of carbonyl (C=O) groups excluding carboxylic acids is 1. The minimum Gasteiger partial charge on any atom is -0.301 e. The molecule has 0 bridgehead atoms. The molecule has 1 saturated carbocycles. The molecule has 1 heterocycles. The maximum Gasteiger partial charge on any atom is 0.236 e. The Hall–Kier alpha value is -1.75. The molecule has 1 aliphatic carbocycles. The Morgan fingerprint density at radius 3 is 2.52 bits per heavy atom. The molecule has 1 fully saturated rings. The van der Waals surface area contributed by atoms with Gasteiger partial charge in [0.25, 0.3) is 0 Å². The van der Waals surface area contributed by atoms with E-state index in [1.54, 1.807) is 12.1 Å². The molecular formula is C16H17FN2OS. The lowest BCUT2D eigenvalue weighted by atomic mass is 9.95. The molecule has 1 aromatic carbocycles. The van der Waals surface area contributed by atoms with Crippen molar-refractivity contribution in [2.45, 2.75) is 38.0 Å². The van der Waals surface area contributed by atoms with E-state index in [1.165, 1.54) is 23.5 Å². The van der Waals surface area contributed by atoms with Crippen LogP contribution in [0, 0.1) is 5.82 Å². The van der Waals surface area contributed by atoms with Crippen LogP contribution in [-0.4, -0.2) is 10.9 Å². The molecule has 0 saturated heterocycles. The van der Waals surface area contributed by atoms with E-state index in [0.717, 1.165) is 24.1 Å². The molecule has 110 valence electrons. The second kappa shape index (κ2) is 5.22. The van der Waals surface area contributed by atoms with Gasteiger partial charge >= 0.3 is 0 Å². The van der Waals surface area contributed by atoms with E-state index in [1.807, 2.05) is 5.38 Å². The van der Waals surface area contributed by atoms with Gasteiger partial charge in [0.2, 0.25) is 5.91 Å². The highest BCUT2D eigenvalue weighted by Crippen LogP contribution is 2.49. The summed E-state index contributed by atoms with van der Waals surface area (Å²) in [6, 6.07) is 6.21. The zero-order chi connectivity index (χ0) is 15.0. The van der Waals surface area contributed by atoms with E-state index < -0.39 is 5.41 Å². The number of rotatable bonds is 4. The second-order valence-electron chi connectivity index (χ2n) is 5.78. The van der Waals surface area contributed by atoms with Crippen molar-refractivity contribution in [2.75, 3.05) is 5.32 Å². The molecule has 2 aromatic rings. The minimum atomic E-state index is -0.503. The predicted molar refractivity (Wildman–Crippen MR) is 82.1 cm³/mol. The Morgan fingerprint density at radius 1 is 1.33 bits per heavy atom. The van der Waals surface area contributed by atoms with Gasteiger partial charge in [-0.15, -0.1) is 11.3 Å². The fourth-order valence-electron chi connectivity index (χ4n) is 2.37. The van der Waals surface area contributed by atoms with Gasteiger partial charge in [0, 0.05) is 5.38 Å². The molecule has 5 heteroatoms. The molecular weight excluding hydrogens is 287 g/mol. The first kappa shape index (κ1) is 14.2. The van der Waals surface area contributed by atoms with E-state index in [2.05, 4.69) is 24.1 Å². The fourth-order valence-corrected chi connectivity index (χ4v) is 3.23. The van der Waals surface area contributed by atoms with E-state index in [4.69, 9.17) is 0 Å². The van der Waals surface area contributed by atoms with Crippen LogP contribution in [0.4, 0.5) is 9.52 Å². The van der Waals surface area contributed by atoms with Gasteiger partial charge in [0.1, 0.15) is 5.82 Å². The SMILES string of the molecule is CC(C)c1csc(NC(=O)C2(c3ccc(F)cc3)CC2)n1. The van der Waals surface area contributed by atoms with Gasteiger partial charge in [-0.1, -0.05) is 26.0 Å². The molecule has 0 radical (unpaired) electrons. The number of anilines is 1. The molecule has 1 amide bonds. The zero-order valence-corrected chi connectivity index (χ0v) is 12.8. The van der Waals surface area contributed by atoms with Crippen LogP contribution in [0.5, 0.6) is 0 Å². The Labute approximate surface area is 127 Å². The monoisotopic (exact) mass is 304 g/mol. The van der Waals surface area contributed by atoms with Gasteiger partial charge in [0.05, 0.1) is 11.1 Å². The van der Waals surface area contributed by atoms with E-state index in [9.17, 15) is 9.18 Å². The van der Waals surface area contributed by atoms with Crippen molar-refractivity contribution in [1.29, 1.82) is 0 Å². The zero-order valence-electron chi connectivity index (χ0n) is 12.0. The molecule has 3 nitrogen and oxygen atoms in total. The second-order valence-corrected chi connectivity index (χ2v) is 6.63. The van der Waals surface area contributed by atoms with Crippen LogP contribution in [0.2, 0.25) is 0 Å². The van der Waals surface area contributed by atoms with Gasteiger partial charge in [-0.3, -0.25) is 4.79 Å². The number of hydrogen-bond donors (Lipinski definition) is 1. The molecule has 3 rings (SSSR count). The van der Waals surface area contributed by atoms with Crippen LogP contribution in [0.25, 0.3) is 0 Å². The maximum absolute atomic E-state index is 13.0. The molecule has 0 atom stereocenters. The summed E-state index contributed by atoms with van der Waals surface area (Å²) in [7, 11) is 0. The van der Waals surface area contributed by atoms with Crippen molar-refractivity contribution in [3.63, 3.8) is 0 Å². The number of thiazole rings is 1. The number of halogens is 1. The summed E-state index contributed by atoms with van der Waals surface area (Å²) in [6.07, 6.45) is 1.60. The summed E-state index contributed by atoms with van der Waals surface area (Å²) in [5, 5.41) is 5.51. The average molecular weight is 304 g/mol. The van der Waals surface area contributed by atoms with Crippen LogP contribution in [0.3, 0.4) is 0 Å². The number of carbonyl (C=O) groups is 1. The number of nitrogens with one attached hydrogen (secondary N) is 1. The third kappa shape index (κ3) is 2.70. The quantitative estimate of drug-likeness (QED) is 0.925. The predicted octanol–water partition coefficient (Wildman–Crippen LogP) is 4.08. The molecule has 0 spiro atoms. The normalized spacial score (nSPS) is 16.0. The highest BCUT2D eigenvalue weighted by Gasteiger charge is 2.51. The van der Waals surface area contributed by atoms with Crippen molar-refractivity contribution < 1.29 is 9.18 Å². The number of aromatic nitrogens is 1. The lowest BCUT2D eigenvalue weighted by Crippen LogP contribution is -2.27. The highest BCUT2D eigenvalue weighted by molar-refractivity contribution is 7.13. The highest BCUT2D eigenvalue weighted by atomic mass is 32.1. The summed E-state index contributed by atoms with van der Waals surface area (Å²) >= 11 is 1.44. The van der Waals surface area contributed by atoms with Gasteiger partial charge in [-0.05, 0) is 36.5 Å². The third-order valence-corrected chi connectivity index (χ3v) is 4.69. The number of nitrogens with zero attached hydrogens (tertiary/aromatic N) is 1.